The van der Waals surface area contributed by atoms with E-state index in [2.05, 4.69) is 203 Å². The lowest BCUT2D eigenvalue weighted by Crippen LogP contribution is -1.93. The van der Waals surface area contributed by atoms with Crippen LogP contribution in [-0.4, -0.2) is 9.13 Å². The summed E-state index contributed by atoms with van der Waals surface area (Å²) < 4.78 is 11.2. The third kappa shape index (κ3) is 4.92. The summed E-state index contributed by atoms with van der Waals surface area (Å²) in [6.45, 7) is 0. The zero-order valence-electron chi connectivity index (χ0n) is 30.9. The van der Waals surface area contributed by atoms with Gasteiger partial charge in [0.15, 0.2) is 0 Å². The average molecular weight is 727 g/mol. The fourth-order valence-corrected chi connectivity index (χ4v) is 9.08. The normalized spacial score (nSPS) is 11.9. The van der Waals surface area contributed by atoms with E-state index < -0.39 is 0 Å². The molecule has 3 aromatic heterocycles. The zero-order valence-corrected chi connectivity index (χ0v) is 30.9. The van der Waals surface area contributed by atoms with E-state index in [0.29, 0.717) is 0 Å². The van der Waals surface area contributed by atoms with E-state index in [-0.39, 0.29) is 0 Å². The highest BCUT2D eigenvalue weighted by atomic mass is 16.3. The minimum Gasteiger partial charge on any atom is -0.455 e. The molecular formula is C54H34N2O. The molecule has 3 heterocycles. The molecule has 0 spiro atoms. The molecule has 57 heavy (non-hydrogen) atoms. The summed E-state index contributed by atoms with van der Waals surface area (Å²) in [7, 11) is 0. The molecule has 3 heteroatoms. The molecule has 0 saturated heterocycles. The quantitative estimate of drug-likeness (QED) is 0.173. The minimum atomic E-state index is 0.909. The van der Waals surface area contributed by atoms with E-state index >= 15 is 0 Å². The van der Waals surface area contributed by atoms with Crippen molar-refractivity contribution in [3.63, 3.8) is 0 Å². The van der Waals surface area contributed by atoms with Crippen molar-refractivity contribution in [1.82, 2.24) is 9.13 Å². The number of hydrogen-bond donors (Lipinski definition) is 0. The molecule has 12 rings (SSSR count). The molecule has 12 aromatic rings. The standard InChI is InChI=1S/C54H34N2O/c1-3-15-40(16-4-1)55-49-23-9-7-19-43(49)47-32-37(26-29-50(47)55)35-13-11-14-36(31-35)38-27-30-51-48(33-38)44-28-25-39(34-52(44)56(51)41-17-5-2-6-18-41)42-21-12-22-46-45-20-8-10-24-53(45)57-54(42)46/h1-34H. The van der Waals surface area contributed by atoms with Crippen LogP contribution in [0, 0.1) is 0 Å². The van der Waals surface area contributed by atoms with Crippen molar-refractivity contribution in [3.05, 3.63) is 206 Å². The third-order valence-corrected chi connectivity index (χ3v) is 11.7. The number of para-hydroxylation sites is 5. The number of rotatable bonds is 5. The highest BCUT2D eigenvalue weighted by Crippen LogP contribution is 2.41. The zero-order chi connectivity index (χ0) is 37.5. The van der Waals surface area contributed by atoms with E-state index in [1.165, 1.54) is 66.0 Å². The van der Waals surface area contributed by atoms with Crippen LogP contribution in [0.25, 0.3) is 110 Å². The lowest BCUT2D eigenvalue weighted by atomic mass is 9.96. The van der Waals surface area contributed by atoms with Gasteiger partial charge in [0.25, 0.3) is 0 Å². The number of furan rings is 1. The number of aromatic nitrogens is 2. The number of hydrogen-bond acceptors (Lipinski definition) is 1. The predicted molar refractivity (Wildman–Crippen MR) is 239 cm³/mol. The summed E-state index contributed by atoms with van der Waals surface area (Å²) in [5, 5.41) is 7.22. The summed E-state index contributed by atoms with van der Waals surface area (Å²) in [5.41, 5.74) is 15.9. The van der Waals surface area contributed by atoms with Gasteiger partial charge in [0, 0.05) is 49.3 Å². The van der Waals surface area contributed by atoms with Crippen molar-refractivity contribution in [2.45, 2.75) is 0 Å². The molecule has 0 radical (unpaired) electrons. The predicted octanol–water partition coefficient (Wildman–Crippen LogP) is 14.8. The van der Waals surface area contributed by atoms with Crippen molar-refractivity contribution in [1.29, 1.82) is 0 Å². The molecule has 266 valence electrons. The molecule has 0 bridgehead atoms. The molecule has 0 N–H and O–H groups in total. The van der Waals surface area contributed by atoms with Crippen LogP contribution in [0.2, 0.25) is 0 Å². The van der Waals surface area contributed by atoms with Crippen molar-refractivity contribution in [2.75, 3.05) is 0 Å². The van der Waals surface area contributed by atoms with Crippen LogP contribution in [0.5, 0.6) is 0 Å². The molecule has 0 aliphatic heterocycles. The SMILES string of the molecule is c1ccc(-n2c3ccccc3c3cc(-c4cccc(-c5ccc6c(c5)c5ccc(-c7cccc8c7oc7ccccc78)cc5n6-c5ccccc5)c4)ccc32)cc1. The maximum Gasteiger partial charge on any atom is 0.143 e. The van der Waals surface area contributed by atoms with E-state index in [4.69, 9.17) is 4.42 Å². The Balaban J connectivity index is 0.997. The molecule has 0 aliphatic rings. The van der Waals surface area contributed by atoms with Crippen molar-refractivity contribution >= 4 is 65.6 Å². The van der Waals surface area contributed by atoms with Gasteiger partial charge in [0.05, 0.1) is 22.1 Å². The second-order valence-electron chi connectivity index (χ2n) is 14.9. The van der Waals surface area contributed by atoms with Crippen molar-refractivity contribution in [3.8, 4) is 44.8 Å². The molecule has 0 amide bonds. The van der Waals surface area contributed by atoms with E-state index in [0.717, 1.165) is 44.3 Å². The van der Waals surface area contributed by atoms with E-state index in [1.54, 1.807) is 0 Å². The lowest BCUT2D eigenvalue weighted by Gasteiger charge is -2.10. The fourth-order valence-electron chi connectivity index (χ4n) is 9.08. The summed E-state index contributed by atoms with van der Waals surface area (Å²) in [6.07, 6.45) is 0. The Morgan fingerprint density at radius 2 is 0.789 bits per heavy atom. The highest BCUT2D eigenvalue weighted by molar-refractivity contribution is 6.14. The van der Waals surface area contributed by atoms with Crippen LogP contribution in [0.15, 0.2) is 211 Å². The summed E-state index contributed by atoms with van der Waals surface area (Å²) >= 11 is 0. The van der Waals surface area contributed by atoms with Gasteiger partial charge in [-0.3, -0.25) is 0 Å². The average Bonchev–Trinajstić information content (AvgIpc) is 3.94. The van der Waals surface area contributed by atoms with Crippen LogP contribution >= 0.6 is 0 Å². The van der Waals surface area contributed by atoms with Gasteiger partial charge in [-0.15, -0.1) is 0 Å². The molecule has 0 atom stereocenters. The van der Waals surface area contributed by atoms with E-state index in [9.17, 15) is 0 Å². The van der Waals surface area contributed by atoms with Crippen LogP contribution in [0.1, 0.15) is 0 Å². The summed E-state index contributed by atoms with van der Waals surface area (Å²) in [6, 6.07) is 74.5. The molecule has 0 aliphatic carbocycles. The first-order valence-electron chi connectivity index (χ1n) is 19.5. The first-order chi connectivity index (χ1) is 28.3. The molecule has 9 aromatic carbocycles. The molecular weight excluding hydrogens is 693 g/mol. The Labute approximate surface area is 328 Å². The molecule has 0 saturated carbocycles. The number of nitrogens with zero attached hydrogens (tertiary/aromatic N) is 2. The molecule has 3 nitrogen and oxygen atoms in total. The lowest BCUT2D eigenvalue weighted by molar-refractivity contribution is 0.670. The van der Waals surface area contributed by atoms with Crippen molar-refractivity contribution in [2.24, 2.45) is 0 Å². The monoisotopic (exact) mass is 726 g/mol. The minimum absolute atomic E-state index is 0.909. The Morgan fingerprint density at radius 1 is 0.281 bits per heavy atom. The third-order valence-electron chi connectivity index (χ3n) is 11.7. The van der Waals surface area contributed by atoms with Gasteiger partial charge >= 0.3 is 0 Å². The second kappa shape index (κ2) is 12.5. The first kappa shape index (κ1) is 31.7. The summed E-state index contributed by atoms with van der Waals surface area (Å²) in [5.74, 6) is 0. The maximum atomic E-state index is 6.48. The smallest absolute Gasteiger partial charge is 0.143 e. The first-order valence-corrected chi connectivity index (χ1v) is 19.5. The van der Waals surface area contributed by atoms with E-state index in [1.807, 2.05) is 12.1 Å². The van der Waals surface area contributed by atoms with Gasteiger partial charge in [-0.2, -0.15) is 0 Å². The van der Waals surface area contributed by atoms with Gasteiger partial charge in [0.2, 0.25) is 0 Å². The fraction of sp³-hybridized carbons (Fsp3) is 0. The van der Waals surface area contributed by atoms with Gasteiger partial charge in [-0.25, -0.2) is 0 Å². The summed E-state index contributed by atoms with van der Waals surface area (Å²) in [4.78, 5) is 0. The van der Waals surface area contributed by atoms with Gasteiger partial charge in [-0.1, -0.05) is 133 Å². The van der Waals surface area contributed by atoms with Crippen LogP contribution < -0.4 is 0 Å². The number of benzene rings is 9. The van der Waals surface area contributed by atoms with Crippen molar-refractivity contribution < 1.29 is 4.42 Å². The maximum absolute atomic E-state index is 6.48. The van der Waals surface area contributed by atoms with Crippen LogP contribution in [0.3, 0.4) is 0 Å². The van der Waals surface area contributed by atoms with Gasteiger partial charge in [-0.05, 0) is 101 Å². The molecule has 0 unspecified atom stereocenters. The Bertz CT molecular complexity index is 3510. The largest absolute Gasteiger partial charge is 0.455 e. The topological polar surface area (TPSA) is 23.0 Å². The van der Waals surface area contributed by atoms with Gasteiger partial charge < -0.3 is 13.6 Å². The second-order valence-corrected chi connectivity index (χ2v) is 14.9. The molecule has 0 fully saturated rings. The Hall–Kier alpha value is -7.62. The van der Waals surface area contributed by atoms with Crippen LogP contribution in [0.4, 0.5) is 0 Å². The number of fused-ring (bicyclic) bond motifs is 9. The Kier molecular flexibility index (Phi) is 6.93. The Morgan fingerprint density at radius 3 is 1.49 bits per heavy atom. The van der Waals surface area contributed by atoms with Crippen LogP contribution in [-0.2, 0) is 0 Å². The highest BCUT2D eigenvalue weighted by Gasteiger charge is 2.18. The van der Waals surface area contributed by atoms with Gasteiger partial charge in [0.1, 0.15) is 11.2 Å².